The second-order valence-electron chi connectivity index (χ2n) is 12.2. The van der Waals surface area contributed by atoms with Gasteiger partial charge in [0.2, 0.25) is 0 Å². The van der Waals surface area contributed by atoms with Crippen LogP contribution < -0.4 is 0 Å². The van der Waals surface area contributed by atoms with E-state index in [9.17, 15) is 4.79 Å². The molecule has 0 aliphatic heterocycles. The molecule has 6 fully saturated rings. The third kappa shape index (κ3) is 2.91. The summed E-state index contributed by atoms with van der Waals surface area (Å²) < 4.78 is 0. The Morgan fingerprint density at radius 2 is 1.35 bits per heavy atom. The average molecular weight is 359 g/mol. The maximum Gasteiger partial charge on any atom is 0.136 e. The SMILES string of the molecule is CC1C(CCC(=O)C2C3CCC(C2C)C(C)(C)C3)C2CCC1C(C)(C)C2. The van der Waals surface area contributed by atoms with Crippen molar-refractivity contribution < 1.29 is 4.79 Å². The van der Waals surface area contributed by atoms with E-state index in [4.69, 9.17) is 0 Å². The highest BCUT2D eigenvalue weighted by atomic mass is 16.1. The van der Waals surface area contributed by atoms with E-state index in [0.29, 0.717) is 34.4 Å². The number of hydrogen-bond donors (Lipinski definition) is 0. The molecule has 6 saturated carbocycles. The maximum atomic E-state index is 13.3. The van der Waals surface area contributed by atoms with Gasteiger partial charge in [-0.15, -0.1) is 0 Å². The van der Waals surface area contributed by atoms with Gasteiger partial charge in [0.1, 0.15) is 5.78 Å². The molecule has 0 amide bonds. The van der Waals surface area contributed by atoms with E-state index in [1.807, 2.05) is 0 Å². The molecule has 8 unspecified atom stereocenters. The lowest BCUT2D eigenvalue weighted by Crippen LogP contribution is -2.51. The Hall–Kier alpha value is -0.330. The third-order valence-electron chi connectivity index (χ3n) is 10.0. The molecule has 6 aliphatic rings. The molecule has 1 nitrogen and oxygen atoms in total. The van der Waals surface area contributed by atoms with Gasteiger partial charge in [0.05, 0.1) is 0 Å². The van der Waals surface area contributed by atoms with Crippen LogP contribution in [0.3, 0.4) is 0 Å². The van der Waals surface area contributed by atoms with E-state index in [1.54, 1.807) is 0 Å². The van der Waals surface area contributed by atoms with Crippen molar-refractivity contribution in [2.24, 2.45) is 58.2 Å². The smallest absolute Gasteiger partial charge is 0.136 e. The number of Topliss-reactive ketones (excluding diaryl/α,β-unsaturated/α-hetero) is 1. The molecule has 6 rings (SSSR count). The van der Waals surface area contributed by atoms with Crippen molar-refractivity contribution in [2.75, 3.05) is 0 Å². The summed E-state index contributed by atoms with van der Waals surface area (Å²) in [6, 6.07) is 0. The Labute approximate surface area is 162 Å². The average Bonchev–Trinajstić information content (AvgIpc) is 2.52. The summed E-state index contributed by atoms with van der Waals surface area (Å²) in [5, 5.41) is 0. The molecule has 0 aromatic carbocycles. The van der Waals surface area contributed by atoms with Crippen LogP contribution in [-0.4, -0.2) is 5.78 Å². The fourth-order valence-electron chi connectivity index (χ4n) is 8.99. The van der Waals surface area contributed by atoms with Gasteiger partial charge < -0.3 is 0 Å². The van der Waals surface area contributed by atoms with Gasteiger partial charge in [0.15, 0.2) is 0 Å². The summed E-state index contributed by atoms with van der Waals surface area (Å²) in [5.41, 5.74) is 0.993. The van der Waals surface area contributed by atoms with Crippen molar-refractivity contribution in [3.8, 4) is 0 Å². The molecule has 6 aliphatic carbocycles. The highest BCUT2D eigenvalue weighted by Gasteiger charge is 2.53. The molecule has 26 heavy (non-hydrogen) atoms. The predicted molar refractivity (Wildman–Crippen MR) is 109 cm³/mol. The van der Waals surface area contributed by atoms with Gasteiger partial charge in [-0.05, 0) is 97.2 Å². The Kier molecular flexibility index (Phi) is 4.64. The zero-order chi connectivity index (χ0) is 18.9. The maximum absolute atomic E-state index is 13.3. The standard InChI is InChI=1S/C25H42O/c1-15-19(17-7-10-20(15)24(3,4)13-17)9-12-22(26)23-16(2)21-11-8-18(23)14-25(21,5)6/h15-21,23H,7-14H2,1-6H3. The van der Waals surface area contributed by atoms with Crippen LogP contribution >= 0.6 is 0 Å². The lowest BCUT2D eigenvalue weighted by Gasteiger charge is -2.57. The number of rotatable bonds is 4. The molecular weight excluding hydrogens is 316 g/mol. The van der Waals surface area contributed by atoms with Gasteiger partial charge in [-0.3, -0.25) is 4.79 Å². The van der Waals surface area contributed by atoms with Crippen molar-refractivity contribution >= 4 is 5.78 Å². The largest absolute Gasteiger partial charge is 0.299 e. The summed E-state index contributed by atoms with van der Waals surface area (Å²) >= 11 is 0. The summed E-state index contributed by atoms with van der Waals surface area (Å²) in [4.78, 5) is 13.3. The van der Waals surface area contributed by atoms with Crippen LogP contribution in [0.25, 0.3) is 0 Å². The van der Waals surface area contributed by atoms with E-state index in [-0.39, 0.29) is 0 Å². The Bertz CT molecular complexity index is 555. The number of ketones is 1. The Balaban J connectivity index is 1.39. The number of carbonyl (C=O) groups is 1. The predicted octanol–water partition coefficient (Wildman–Crippen LogP) is 6.75. The monoisotopic (exact) mass is 358 g/mol. The summed E-state index contributed by atoms with van der Waals surface area (Å²) in [6.07, 6.45) is 10.3. The molecule has 1 heteroatoms. The molecule has 0 heterocycles. The first-order chi connectivity index (χ1) is 12.1. The number of carbonyl (C=O) groups excluding carboxylic acids is 1. The Morgan fingerprint density at radius 1 is 0.808 bits per heavy atom. The normalized spacial score (nSPS) is 48.5. The van der Waals surface area contributed by atoms with Gasteiger partial charge in [-0.1, -0.05) is 41.5 Å². The van der Waals surface area contributed by atoms with E-state index in [0.717, 1.165) is 36.0 Å². The molecular formula is C25H42O. The van der Waals surface area contributed by atoms with Crippen LogP contribution in [0.2, 0.25) is 0 Å². The number of fused-ring (bicyclic) bond motifs is 6. The van der Waals surface area contributed by atoms with Crippen LogP contribution in [-0.2, 0) is 4.79 Å². The minimum Gasteiger partial charge on any atom is -0.299 e. The molecule has 0 spiro atoms. The number of hydrogen-bond acceptors (Lipinski definition) is 1. The van der Waals surface area contributed by atoms with Gasteiger partial charge >= 0.3 is 0 Å². The van der Waals surface area contributed by atoms with Crippen molar-refractivity contribution in [1.29, 1.82) is 0 Å². The molecule has 0 N–H and O–H groups in total. The summed E-state index contributed by atoms with van der Waals surface area (Å²) in [7, 11) is 0. The quantitative estimate of drug-likeness (QED) is 0.543. The van der Waals surface area contributed by atoms with Crippen molar-refractivity contribution in [3.05, 3.63) is 0 Å². The van der Waals surface area contributed by atoms with Crippen LogP contribution in [0, 0.1) is 58.2 Å². The van der Waals surface area contributed by atoms with Crippen molar-refractivity contribution in [1.82, 2.24) is 0 Å². The molecule has 4 bridgehead atoms. The van der Waals surface area contributed by atoms with Gasteiger partial charge in [-0.2, -0.15) is 0 Å². The van der Waals surface area contributed by atoms with E-state index < -0.39 is 0 Å². The fourth-order valence-corrected chi connectivity index (χ4v) is 8.99. The van der Waals surface area contributed by atoms with Gasteiger partial charge in [0, 0.05) is 12.3 Å². The Morgan fingerprint density at radius 3 is 1.88 bits per heavy atom. The van der Waals surface area contributed by atoms with Crippen molar-refractivity contribution in [2.45, 2.75) is 92.9 Å². The van der Waals surface area contributed by atoms with Gasteiger partial charge in [0.25, 0.3) is 0 Å². The second-order valence-corrected chi connectivity index (χ2v) is 12.2. The van der Waals surface area contributed by atoms with Crippen LogP contribution in [0.4, 0.5) is 0 Å². The highest BCUT2D eigenvalue weighted by molar-refractivity contribution is 5.82. The first-order valence-corrected chi connectivity index (χ1v) is 11.6. The molecule has 8 atom stereocenters. The van der Waals surface area contributed by atoms with E-state index in [1.165, 1.54) is 44.9 Å². The molecule has 148 valence electrons. The van der Waals surface area contributed by atoms with Crippen LogP contribution in [0.5, 0.6) is 0 Å². The first kappa shape index (κ1) is 19.0. The minimum absolute atomic E-state index is 0.384. The van der Waals surface area contributed by atoms with E-state index in [2.05, 4.69) is 41.5 Å². The summed E-state index contributed by atoms with van der Waals surface area (Å²) in [6.45, 7) is 14.8. The zero-order valence-electron chi connectivity index (χ0n) is 18.2. The fraction of sp³-hybridized carbons (Fsp3) is 0.960. The third-order valence-corrected chi connectivity index (χ3v) is 10.0. The van der Waals surface area contributed by atoms with Gasteiger partial charge in [-0.25, -0.2) is 0 Å². The van der Waals surface area contributed by atoms with E-state index >= 15 is 0 Å². The highest BCUT2D eigenvalue weighted by Crippen LogP contribution is 2.60. The molecule has 0 aromatic rings. The first-order valence-electron chi connectivity index (χ1n) is 11.6. The summed E-state index contributed by atoms with van der Waals surface area (Å²) in [5.74, 6) is 6.50. The molecule has 0 saturated heterocycles. The molecule has 0 aromatic heterocycles. The lowest BCUT2D eigenvalue weighted by molar-refractivity contribution is -0.139. The van der Waals surface area contributed by atoms with Crippen LogP contribution in [0.15, 0.2) is 0 Å². The zero-order valence-corrected chi connectivity index (χ0v) is 18.2. The molecule has 0 radical (unpaired) electrons. The van der Waals surface area contributed by atoms with Crippen molar-refractivity contribution in [3.63, 3.8) is 0 Å². The lowest BCUT2D eigenvalue weighted by atomic mass is 9.48. The second kappa shape index (κ2) is 6.35. The minimum atomic E-state index is 0.384. The van der Waals surface area contributed by atoms with Crippen LogP contribution in [0.1, 0.15) is 92.9 Å². The topological polar surface area (TPSA) is 17.1 Å².